The number of aliphatic carboxylic acids is 1. The minimum absolute atomic E-state index is 0.247. The van der Waals surface area contributed by atoms with Gasteiger partial charge in [-0.3, -0.25) is 0 Å². The molecule has 1 aromatic rings. The van der Waals surface area contributed by atoms with Crippen molar-refractivity contribution in [3.8, 4) is 6.07 Å². The number of hydrogen-bond donors (Lipinski definition) is 3. The molecule has 0 unspecified atom stereocenters. The summed E-state index contributed by atoms with van der Waals surface area (Å²) in [6.45, 7) is 0.247. The highest BCUT2D eigenvalue weighted by Crippen LogP contribution is 2.29. The molecule has 1 aliphatic carbocycles. The van der Waals surface area contributed by atoms with Crippen LogP contribution < -0.4 is 10.6 Å². The van der Waals surface area contributed by atoms with E-state index in [-0.39, 0.29) is 6.54 Å². The van der Waals surface area contributed by atoms with E-state index in [4.69, 9.17) is 5.26 Å². The number of nitrogens with zero attached hydrogens (tertiary/aromatic N) is 1. The van der Waals surface area contributed by atoms with E-state index in [1.54, 1.807) is 24.3 Å². The third kappa shape index (κ3) is 3.51. The first-order valence-electron chi connectivity index (χ1n) is 6.84. The molecule has 0 saturated heterocycles. The van der Waals surface area contributed by atoms with Crippen LogP contribution in [0.5, 0.6) is 0 Å². The van der Waals surface area contributed by atoms with Gasteiger partial charge < -0.3 is 15.7 Å². The van der Waals surface area contributed by atoms with Gasteiger partial charge in [0.05, 0.1) is 11.6 Å². The molecule has 2 amide bonds. The Kier molecular flexibility index (Phi) is 4.43. The number of nitriles is 1. The van der Waals surface area contributed by atoms with E-state index < -0.39 is 17.5 Å². The second-order valence-electron chi connectivity index (χ2n) is 5.21. The number of carbonyl (C=O) groups is 2. The number of benzene rings is 1. The van der Waals surface area contributed by atoms with Gasteiger partial charge in [0.25, 0.3) is 0 Å². The number of urea groups is 1. The molecule has 0 bridgehead atoms. The molecule has 0 spiro atoms. The van der Waals surface area contributed by atoms with Crippen molar-refractivity contribution in [1.82, 2.24) is 10.6 Å². The van der Waals surface area contributed by atoms with Crippen LogP contribution in [0.3, 0.4) is 0 Å². The summed E-state index contributed by atoms with van der Waals surface area (Å²) >= 11 is 0. The van der Waals surface area contributed by atoms with Crippen LogP contribution in [0.25, 0.3) is 0 Å². The quantitative estimate of drug-likeness (QED) is 0.785. The number of carbonyl (C=O) groups excluding carboxylic acids is 1. The fraction of sp³-hybridized carbons (Fsp3) is 0.400. The van der Waals surface area contributed by atoms with Crippen molar-refractivity contribution < 1.29 is 14.7 Å². The Labute approximate surface area is 122 Å². The van der Waals surface area contributed by atoms with Gasteiger partial charge in [-0.05, 0) is 30.5 Å². The zero-order valence-electron chi connectivity index (χ0n) is 11.6. The van der Waals surface area contributed by atoms with Crippen molar-refractivity contribution in [2.45, 2.75) is 37.8 Å². The van der Waals surface area contributed by atoms with Crippen molar-refractivity contribution in [3.05, 3.63) is 35.4 Å². The number of carboxylic acid groups (broad SMARTS) is 1. The van der Waals surface area contributed by atoms with Crippen LogP contribution in [0.1, 0.15) is 36.8 Å². The van der Waals surface area contributed by atoms with Crippen molar-refractivity contribution in [2.24, 2.45) is 0 Å². The average Bonchev–Trinajstić information content (AvgIpc) is 2.95. The summed E-state index contributed by atoms with van der Waals surface area (Å²) < 4.78 is 0. The Morgan fingerprint density at radius 2 is 2.05 bits per heavy atom. The third-order valence-electron chi connectivity index (χ3n) is 3.73. The minimum Gasteiger partial charge on any atom is -0.480 e. The first-order valence-corrected chi connectivity index (χ1v) is 6.84. The van der Waals surface area contributed by atoms with Crippen LogP contribution in [0, 0.1) is 11.3 Å². The molecule has 0 radical (unpaired) electrons. The monoisotopic (exact) mass is 287 g/mol. The fourth-order valence-corrected chi connectivity index (χ4v) is 2.57. The molecule has 0 atom stereocenters. The van der Waals surface area contributed by atoms with E-state index in [0.717, 1.165) is 18.4 Å². The smallest absolute Gasteiger partial charge is 0.329 e. The van der Waals surface area contributed by atoms with E-state index >= 15 is 0 Å². The lowest BCUT2D eigenvalue weighted by Gasteiger charge is -2.25. The van der Waals surface area contributed by atoms with E-state index in [9.17, 15) is 14.7 Å². The van der Waals surface area contributed by atoms with Gasteiger partial charge >= 0.3 is 12.0 Å². The second kappa shape index (κ2) is 6.27. The van der Waals surface area contributed by atoms with Gasteiger partial charge in [-0.25, -0.2) is 9.59 Å². The minimum atomic E-state index is -1.14. The highest BCUT2D eigenvalue weighted by molar-refractivity contribution is 5.86. The Hall–Kier alpha value is -2.55. The van der Waals surface area contributed by atoms with Gasteiger partial charge in [0.15, 0.2) is 0 Å². The maximum absolute atomic E-state index is 11.9. The molecular weight excluding hydrogens is 270 g/mol. The van der Waals surface area contributed by atoms with Gasteiger partial charge in [0.1, 0.15) is 5.54 Å². The summed E-state index contributed by atoms with van der Waals surface area (Å²) in [7, 11) is 0. The predicted octanol–water partition coefficient (Wildman–Crippen LogP) is 1.75. The Bertz CT molecular complexity index is 586. The number of rotatable bonds is 4. The van der Waals surface area contributed by atoms with Gasteiger partial charge in [0, 0.05) is 6.54 Å². The van der Waals surface area contributed by atoms with Gasteiger partial charge in [0.2, 0.25) is 0 Å². The van der Waals surface area contributed by atoms with Crippen LogP contribution in [0.2, 0.25) is 0 Å². The van der Waals surface area contributed by atoms with Gasteiger partial charge in [-0.15, -0.1) is 0 Å². The van der Waals surface area contributed by atoms with Crippen LogP contribution in [-0.2, 0) is 11.3 Å². The number of carboxylic acids is 1. The van der Waals surface area contributed by atoms with Gasteiger partial charge in [-0.2, -0.15) is 5.26 Å². The summed E-state index contributed by atoms with van der Waals surface area (Å²) in [6, 6.07) is 8.43. The standard InChI is InChI=1S/C15H17N3O3/c16-9-11-4-3-5-12(8-11)10-17-14(21)18-15(13(19)20)6-1-2-7-15/h3-5,8H,1-2,6-7,10H2,(H,19,20)(H2,17,18,21). The van der Waals surface area contributed by atoms with Crippen LogP contribution in [0.15, 0.2) is 24.3 Å². The zero-order chi connectivity index (χ0) is 15.3. The molecule has 1 aliphatic rings. The van der Waals surface area contributed by atoms with Crippen LogP contribution >= 0.6 is 0 Å². The molecule has 1 aromatic carbocycles. The molecule has 6 heteroatoms. The van der Waals surface area contributed by atoms with Crippen molar-refractivity contribution in [3.63, 3.8) is 0 Å². The maximum atomic E-state index is 11.9. The molecule has 21 heavy (non-hydrogen) atoms. The predicted molar refractivity (Wildman–Crippen MR) is 75.4 cm³/mol. The summed E-state index contributed by atoms with van der Waals surface area (Å²) in [5.41, 5.74) is 0.172. The summed E-state index contributed by atoms with van der Waals surface area (Å²) in [5.74, 6) is -0.985. The van der Waals surface area contributed by atoms with Crippen molar-refractivity contribution >= 4 is 12.0 Å². The van der Waals surface area contributed by atoms with Crippen LogP contribution in [0.4, 0.5) is 4.79 Å². The second-order valence-corrected chi connectivity index (χ2v) is 5.21. The van der Waals surface area contributed by atoms with E-state index in [2.05, 4.69) is 10.6 Å². The Morgan fingerprint density at radius 1 is 1.33 bits per heavy atom. The van der Waals surface area contributed by atoms with E-state index in [0.29, 0.717) is 18.4 Å². The Balaban J connectivity index is 1.93. The SMILES string of the molecule is N#Cc1cccc(CNC(=O)NC2(C(=O)O)CCCC2)c1. The highest BCUT2D eigenvalue weighted by Gasteiger charge is 2.42. The molecule has 0 heterocycles. The molecule has 3 N–H and O–H groups in total. The van der Waals surface area contributed by atoms with E-state index in [1.165, 1.54) is 0 Å². The largest absolute Gasteiger partial charge is 0.480 e. The lowest BCUT2D eigenvalue weighted by molar-refractivity contribution is -0.144. The van der Waals surface area contributed by atoms with Crippen molar-refractivity contribution in [2.75, 3.05) is 0 Å². The lowest BCUT2D eigenvalue weighted by Crippen LogP contribution is -2.55. The topological polar surface area (TPSA) is 102 Å². The van der Waals surface area contributed by atoms with Crippen molar-refractivity contribution in [1.29, 1.82) is 5.26 Å². The molecule has 110 valence electrons. The molecule has 0 aromatic heterocycles. The molecule has 1 saturated carbocycles. The number of hydrogen-bond acceptors (Lipinski definition) is 3. The molecule has 1 fully saturated rings. The zero-order valence-corrected chi connectivity index (χ0v) is 11.6. The summed E-state index contributed by atoms with van der Waals surface area (Å²) in [5, 5.41) is 23.3. The maximum Gasteiger partial charge on any atom is 0.329 e. The molecular formula is C15H17N3O3. The number of nitrogens with one attached hydrogen (secondary N) is 2. The lowest BCUT2D eigenvalue weighted by atomic mass is 9.98. The molecule has 2 rings (SSSR count). The Morgan fingerprint density at radius 3 is 2.67 bits per heavy atom. The average molecular weight is 287 g/mol. The van der Waals surface area contributed by atoms with Crippen LogP contribution in [-0.4, -0.2) is 22.6 Å². The molecule has 0 aliphatic heterocycles. The fourth-order valence-electron chi connectivity index (χ4n) is 2.57. The third-order valence-corrected chi connectivity index (χ3v) is 3.73. The number of amides is 2. The normalized spacial score (nSPS) is 16.0. The summed E-state index contributed by atoms with van der Waals surface area (Å²) in [4.78, 5) is 23.2. The highest BCUT2D eigenvalue weighted by atomic mass is 16.4. The summed E-state index contributed by atoms with van der Waals surface area (Å²) in [6.07, 6.45) is 2.52. The van der Waals surface area contributed by atoms with E-state index in [1.807, 2.05) is 6.07 Å². The first kappa shape index (κ1) is 14.9. The molecule has 6 nitrogen and oxygen atoms in total. The first-order chi connectivity index (χ1) is 10.1. The van der Waals surface area contributed by atoms with Gasteiger partial charge in [-0.1, -0.05) is 25.0 Å².